The summed E-state index contributed by atoms with van der Waals surface area (Å²) in [5, 5.41) is 6.74. The summed E-state index contributed by atoms with van der Waals surface area (Å²) in [4.78, 5) is 7.30. The number of nitrogens with zero attached hydrogens (tertiary/aromatic N) is 2. The van der Waals surface area contributed by atoms with Gasteiger partial charge in [0.05, 0.1) is 40.0 Å². The van der Waals surface area contributed by atoms with Gasteiger partial charge in [-0.05, 0) is 38.0 Å². The maximum atomic E-state index is 5.56. The van der Waals surface area contributed by atoms with Gasteiger partial charge in [0.2, 0.25) is 0 Å². The predicted molar refractivity (Wildman–Crippen MR) is 120 cm³/mol. The molecule has 170 valence electrons. The fourth-order valence-electron chi connectivity index (χ4n) is 3.43. The lowest BCUT2D eigenvalue weighted by Crippen LogP contribution is -2.42. The van der Waals surface area contributed by atoms with Crippen molar-refractivity contribution in [3.05, 3.63) is 23.8 Å². The number of hydrogen-bond acceptors (Lipinski definition) is 6. The van der Waals surface area contributed by atoms with E-state index >= 15 is 0 Å². The maximum Gasteiger partial charge on any atom is 0.191 e. The topological polar surface area (TPSA) is 76.6 Å². The van der Waals surface area contributed by atoms with Crippen molar-refractivity contribution in [3.63, 3.8) is 0 Å². The first-order valence-electron chi connectivity index (χ1n) is 10.9. The van der Waals surface area contributed by atoms with Crippen LogP contribution in [0.15, 0.2) is 23.2 Å². The van der Waals surface area contributed by atoms with Gasteiger partial charge in [0.15, 0.2) is 17.5 Å². The number of methoxy groups -OCH3 is 2. The number of guanidine groups is 1. The summed E-state index contributed by atoms with van der Waals surface area (Å²) in [5.74, 6) is 2.29. The van der Waals surface area contributed by atoms with E-state index in [9.17, 15) is 0 Å². The van der Waals surface area contributed by atoms with Gasteiger partial charge < -0.3 is 29.6 Å². The minimum absolute atomic E-state index is 0.132. The summed E-state index contributed by atoms with van der Waals surface area (Å²) in [7, 11) is 3.32. The average Bonchev–Trinajstić information content (AvgIpc) is 2.79. The Morgan fingerprint density at radius 2 is 1.90 bits per heavy atom. The molecule has 1 aliphatic heterocycles. The SMILES string of the molecule is CCNC(=NCC(c1ccc(OC)c(OC)c1)N1CCOCC1)NCCCOCC. The third kappa shape index (κ3) is 7.66. The second kappa shape index (κ2) is 14.1. The van der Waals surface area contributed by atoms with Crippen LogP contribution in [0.25, 0.3) is 0 Å². The van der Waals surface area contributed by atoms with E-state index in [1.807, 2.05) is 13.0 Å². The highest BCUT2D eigenvalue weighted by Gasteiger charge is 2.24. The van der Waals surface area contributed by atoms with Crippen molar-refractivity contribution in [1.29, 1.82) is 0 Å². The Morgan fingerprint density at radius 1 is 1.13 bits per heavy atom. The van der Waals surface area contributed by atoms with Gasteiger partial charge >= 0.3 is 0 Å². The highest BCUT2D eigenvalue weighted by atomic mass is 16.5. The van der Waals surface area contributed by atoms with E-state index < -0.39 is 0 Å². The molecule has 0 radical (unpaired) electrons. The van der Waals surface area contributed by atoms with Crippen LogP contribution >= 0.6 is 0 Å². The summed E-state index contributed by atoms with van der Waals surface area (Å²) < 4.78 is 21.9. The van der Waals surface area contributed by atoms with E-state index in [1.165, 1.54) is 0 Å². The molecule has 1 unspecified atom stereocenters. The van der Waals surface area contributed by atoms with Gasteiger partial charge in [-0.1, -0.05) is 6.07 Å². The molecule has 0 saturated carbocycles. The van der Waals surface area contributed by atoms with Crippen molar-refractivity contribution in [1.82, 2.24) is 15.5 Å². The number of benzene rings is 1. The van der Waals surface area contributed by atoms with Crippen LogP contribution in [0, 0.1) is 0 Å². The summed E-state index contributed by atoms with van der Waals surface area (Å²) in [5.41, 5.74) is 1.16. The van der Waals surface area contributed by atoms with Crippen molar-refractivity contribution >= 4 is 5.96 Å². The summed E-state index contributed by atoms with van der Waals surface area (Å²) >= 11 is 0. The first kappa shape index (κ1) is 24.2. The zero-order valence-electron chi connectivity index (χ0n) is 18.9. The van der Waals surface area contributed by atoms with Gasteiger partial charge in [0.1, 0.15) is 0 Å². The zero-order valence-corrected chi connectivity index (χ0v) is 18.9. The largest absolute Gasteiger partial charge is 0.493 e. The molecule has 1 aliphatic rings. The number of aliphatic imine (C=N–C) groups is 1. The molecule has 0 aliphatic carbocycles. The van der Waals surface area contributed by atoms with E-state index in [-0.39, 0.29) is 6.04 Å². The quantitative estimate of drug-likeness (QED) is 0.303. The highest BCUT2D eigenvalue weighted by molar-refractivity contribution is 5.79. The molecule has 2 N–H and O–H groups in total. The van der Waals surface area contributed by atoms with Crippen LogP contribution in [0.3, 0.4) is 0 Å². The number of hydrogen-bond donors (Lipinski definition) is 2. The molecule has 8 nitrogen and oxygen atoms in total. The number of morpholine rings is 1. The average molecular weight is 423 g/mol. The summed E-state index contributed by atoms with van der Waals surface area (Å²) in [6.45, 7) is 11.1. The monoisotopic (exact) mass is 422 g/mol. The lowest BCUT2D eigenvalue weighted by atomic mass is 10.0. The summed E-state index contributed by atoms with van der Waals surface area (Å²) in [6, 6.07) is 6.24. The third-order valence-corrected chi connectivity index (χ3v) is 5.01. The molecule has 1 fully saturated rings. The Kier molecular flexibility index (Phi) is 11.4. The normalized spacial score (nSPS) is 16.2. The molecule has 2 rings (SSSR count). The van der Waals surface area contributed by atoms with Crippen molar-refractivity contribution in [2.75, 3.05) is 73.4 Å². The first-order valence-corrected chi connectivity index (χ1v) is 10.9. The fraction of sp³-hybridized carbons (Fsp3) is 0.682. The second-order valence-electron chi connectivity index (χ2n) is 6.98. The third-order valence-electron chi connectivity index (χ3n) is 5.01. The van der Waals surface area contributed by atoms with Gasteiger partial charge in [-0.3, -0.25) is 9.89 Å². The van der Waals surface area contributed by atoms with Gasteiger partial charge in [-0.25, -0.2) is 0 Å². The molecular formula is C22H38N4O4. The van der Waals surface area contributed by atoms with Crippen LogP contribution in [-0.2, 0) is 9.47 Å². The molecule has 1 atom stereocenters. The molecule has 1 aromatic carbocycles. The van der Waals surface area contributed by atoms with Crippen molar-refractivity contribution in [3.8, 4) is 11.5 Å². The van der Waals surface area contributed by atoms with Gasteiger partial charge in [0, 0.05) is 39.4 Å². The molecule has 0 bridgehead atoms. The molecule has 30 heavy (non-hydrogen) atoms. The van der Waals surface area contributed by atoms with E-state index in [0.717, 1.165) is 82.0 Å². The molecule has 0 spiro atoms. The first-order chi connectivity index (χ1) is 14.7. The second-order valence-corrected chi connectivity index (χ2v) is 6.98. The van der Waals surface area contributed by atoms with Crippen LogP contribution in [-0.4, -0.2) is 84.2 Å². The van der Waals surface area contributed by atoms with Gasteiger partial charge in [0.25, 0.3) is 0 Å². The minimum atomic E-state index is 0.132. The Labute approximate surface area is 180 Å². The highest BCUT2D eigenvalue weighted by Crippen LogP contribution is 2.32. The molecule has 8 heteroatoms. The molecule has 0 aromatic heterocycles. The lowest BCUT2D eigenvalue weighted by Gasteiger charge is -2.34. The van der Waals surface area contributed by atoms with E-state index in [0.29, 0.717) is 6.54 Å². The Bertz CT molecular complexity index is 636. The molecule has 1 saturated heterocycles. The van der Waals surface area contributed by atoms with Crippen LogP contribution in [0.4, 0.5) is 0 Å². The van der Waals surface area contributed by atoms with Crippen LogP contribution < -0.4 is 20.1 Å². The van der Waals surface area contributed by atoms with Crippen LogP contribution in [0.2, 0.25) is 0 Å². The van der Waals surface area contributed by atoms with E-state index in [2.05, 4.69) is 34.6 Å². The van der Waals surface area contributed by atoms with Crippen LogP contribution in [0.5, 0.6) is 11.5 Å². The fourth-order valence-corrected chi connectivity index (χ4v) is 3.43. The maximum absolute atomic E-state index is 5.56. The Morgan fingerprint density at radius 3 is 2.57 bits per heavy atom. The van der Waals surface area contributed by atoms with E-state index in [4.69, 9.17) is 23.9 Å². The number of nitrogens with one attached hydrogen (secondary N) is 2. The van der Waals surface area contributed by atoms with Crippen LogP contribution in [0.1, 0.15) is 31.9 Å². The number of rotatable bonds is 12. The van der Waals surface area contributed by atoms with Crippen molar-refractivity contribution in [2.24, 2.45) is 4.99 Å². The molecular weight excluding hydrogens is 384 g/mol. The van der Waals surface area contributed by atoms with Crippen molar-refractivity contribution in [2.45, 2.75) is 26.3 Å². The minimum Gasteiger partial charge on any atom is -0.493 e. The standard InChI is InChI=1S/C22H38N4O4/c1-5-23-22(24-10-7-13-29-6-2)25-17-19(26-11-14-30-15-12-26)18-8-9-20(27-3)21(16-18)28-4/h8-9,16,19H,5-7,10-15,17H2,1-4H3,(H2,23,24,25). The lowest BCUT2D eigenvalue weighted by molar-refractivity contribution is 0.0179. The number of ether oxygens (including phenoxy) is 4. The molecule has 1 heterocycles. The molecule has 1 aromatic rings. The van der Waals surface area contributed by atoms with Gasteiger partial charge in [-0.15, -0.1) is 0 Å². The Balaban J connectivity index is 2.14. The predicted octanol–water partition coefficient (Wildman–Crippen LogP) is 2.06. The van der Waals surface area contributed by atoms with Crippen molar-refractivity contribution < 1.29 is 18.9 Å². The van der Waals surface area contributed by atoms with Gasteiger partial charge in [-0.2, -0.15) is 0 Å². The summed E-state index contributed by atoms with van der Waals surface area (Å²) in [6.07, 6.45) is 0.945. The van der Waals surface area contributed by atoms with E-state index in [1.54, 1.807) is 14.2 Å². The smallest absolute Gasteiger partial charge is 0.191 e. The zero-order chi connectivity index (χ0) is 21.6. The Hall–Kier alpha value is -2.03. The molecule has 0 amide bonds.